The third-order valence-corrected chi connectivity index (χ3v) is 4.77. The van der Waals surface area contributed by atoms with Crippen molar-refractivity contribution in [1.29, 1.82) is 0 Å². The first-order valence-electron chi connectivity index (χ1n) is 7.73. The second-order valence-electron chi connectivity index (χ2n) is 6.43. The predicted octanol–water partition coefficient (Wildman–Crippen LogP) is 0.879. The van der Waals surface area contributed by atoms with Crippen LogP contribution in [0.1, 0.15) is 25.5 Å². The number of nitrogens with two attached hydrogens (primary N) is 1. The van der Waals surface area contributed by atoms with Gasteiger partial charge in [-0.15, -0.1) is 0 Å². The Bertz CT molecular complexity index is 493. The smallest absolute Gasteiger partial charge is 0.222 e. The van der Waals surface area contributed by atoms with Crippen LogP contribution in [0.5, 0.6) is 0 Å². The molecule has 2 saturated heterocycles. The lowest BCUT2D eigenvalue weighted by Crippen LogP contribution is -2.45. The summed E-state index contributed by atoms with van der Waals surface area (Å²) < 4.78 is 5.48. The molecule has 0 unspecified atom stereocenters. The maximum atomic E-state index is 5.97. The molecule has 1 aromatic heterocycles. The van der Waals surface area contributed by atoms with E-state index in [4.69, 9.17) is 10.5 Å². The van der Waals surface area contributed by atoms with Gasteiger partial charge in [-0.2, -0.15) is 4.98 Å². The zero-order chi connectivity index (χ0) is 14.9. The van der Waals surface area contributed by atoms with Crippen molar-refractivity contribution in [3.8, 4) is 0 Å². The first-order chi connectivity index (χ1) is 10.1. The molecule has 3 rings (SSSR count). The average Bonchev–Trinajstić information content (AvgIpc) is 2.48. The quantitative estimate of drug-likeness (QED) is 0.872. The summed E-state index contributed by atoms with van der Waals surface area (Å²) in [5.74, 6) is 1.35. The first kappa shape index (κ1) is 14.5. The lowest BCUT2D eigenvalue weighted by atomic mass is 9.79. The van der Waals surface area contributed by atoms with Gasteiger partial charge in [0, 0.05) is 50.9 Å². The van der Waals surface area contributed by atoms with Gasteiger partial charge in [-0.1, -0.05) is 6.92 Å². The molecule has 6 nitrogen and oxygen atoms in total. The van der Waals surface area contributed by atoms with E-state index in [1.807, 2.05) is 0 Å². The van der Waals surface area contributed by atoms with Crippen LogP contribution >= 0.6 is 0 Å². The Kier molecular flexibility index (Phi) is 3.99. The van der Waals surface area contributed by atoms with E-state index in [0.717, 1.165) is 63.7 Å². The van der Waals surface area contributed by atoms with Gasteiger partial charge in [0.25, 0.3) is 0 Å². The molecule has 116 valence electrons. The summed E-state index contributed by atoms with van der Waals surface area (Å²) in [6.07, 6.45) is 1.98. The Balaban J connectivity index is 1.85. The fourth-order valence-corrected chi connectivity index (χ4v) is 3.04. The Morgan fingerprint density at radius 2 is 1.81 bits per heavy atom. The Hall–Kier alpha value is -1.40. The van der Waals surface area contributed by atoms with Crippen molar-refractivity contribution < 1.29 is 4.74 Å². The molecule has 2 N–H and O–H groups in total. The number of nitrogen functional groups attached to an aromatic ring is 1. The molecular weight excluding hydrogens is 266 g/mol. The highest BCUT2D eigenvalue weighted by Crippen LogP contribution is 2.34. The maximum absolute atomic E-state index is 5.97. The number of ether oxygens (including phenoxy) is 1. The molecule has 0 saturated carbocycles. The zero-order valence-corrected chi connectivity index (χ0v) is 13.0. The molecular formula is C15H25N5O. The molecule has 0 bridgehead atoms. The topological polar surface area (TPSA) is 67.5 Å². The number of nitrogens with zero attached hydrogens (tertiary/aromatic N) is 4. The van der Waals surface area contributed by atoms with E-state index in [9.17, 15) is 0 Å². The number of hydrogen-bond acceptors (Lipinski definition) is 6. The number of anilines is 2. The molecule has 0 aliphatic carbocycles. The molecule has 0 aromatic carbocycles. The number of rotatable bonds is 2. The van der Waals surface area contributed by atoms with Gasteiger partial charge in [0.1, 0.15) is 5.82 Å². The number of hydrogen-bond donors (Lipinski definition) is 1. The molecule has 3 heterocycles. The molecule has 0 atom stereocenters. The van der Waals surface area contributed by atoms with Gasteiger partial charge in [-0.25, -0.2) is 4.98 Å². The number of piperazine rings is 1. The summed E-state index contributed by atoms with van der Waals surface area (Å²) in [5.41, 5.74) is 7.08. The van der Waals surface area contributed by atoms with Crippen LogP contribution in [0.2, 0.25) is 0 Å². The van der Waals surface area contributed by atoms with Crippen LogP contribution in [0.4, 0.5) is 11.8 Å². The largest absolute Gasteiger partial charge is 0.381 e. The fraction of sp³-hybridized carbons (Fsp3) is 0.733. The van der Waals surface area contributed by atoms with Crippen molar-refractivity contribution in [3.05, 3.63) is 11.8 Å². The monoisotopic (exact) mass is 291 g/mol. The highest BCUT2D eigenvalue weighted by Gasteiger charge is 2.32. The van der Waals surface area contributed by atoms with Gasteiger partial charge in [0.15, 0.2) is 0 Å². The van der Waals surface area contributed by atoms with Gasteiger partial charge in [-0.05, 0) is 19.9 Å². The summed E-state index contributed by atoms with van der Waals surface area (Å²) >= 11 is 0. The van der Waals surface area contributed by atoms with Crippen molar-refractivity contribution in [2.45, 2.75) is 25.2 Å². The molecule has 6 heteroatoms. The second-order valence-corrected chi connectivity index (χ2v) is 6.43. The lowest BCUT2D eigenvalue weighted by molar-refractivity contribution is 0.0551. The molecule has 2 aliphatic heterocycles. The van der Waals surface area contributed by atoms with Gasteiger partial charge >= 0.3 is 0 Å². The van der Waals surface area contributed by atoms with Gasteiger partial charge in [0.2, 0.25) is 5.95 Å². The maximum Gasteiger partial charge on any atom is 0.222 e. The van der Waals surface area contributed by atoms with Crippen molar-refractivity contribution in [3.63, 3.8) is 0 Å². The lowest BCUT2D eigenvalue weighted by Gasteiger charge is -2.36. The summed E-state index contributed by atoms with van der Waals surface area (Å²) in [4.78, 5) is 13.6. The van der Waals surface area contributed by atoms with Gasteiger partial charge in [0.05, 0.1) is 5.69 Å². The van der Waals surface area contributed by atoms with E-state index < -0.39 is 0 Å². The van der Waals surface area contributed by atoms with Crippen molar-refractivity contribution in [2.24, 2.45) is 0 Å². The summed E-state index contributed by atoms with van der Waals surface area (Å²) in [7, 11) is 2.15. The second kappa shape index (κ2) is 5.77. The van der Waals surface area contributed by atoms with Gasteiger partial charge < -0.3 is 20.3 Å². The van der Waals surface area contributed by atoms with E-state index >= 15 is 0 Å². The third-order valence-electron chi connectivity index (χ3n) is 4.77. The molecule has 2 aliphatic rings. The Morgan fingerprint density at radius 1 is 1.14 bits per heavy atom. The van der Waals surface area contributed by atoms with Crippen LogP contribution in [0.3, 0.4) is 0 Å². The van der Waals surface area contributed by atoms with Crippen LogP contribution in [0, 0.1) is 0 Å². The molecule has 1 aromatic rings. The van der Waals surface area contributed by atoms with E-state index in [0.29, 0.717) is 5.95 Å². The summed E-state index contributed by atoms with van der Waals surface area (Å²) in [6.45, 7) is 7.95. The van der Waals surface area contributed by atoms with Crippen molar-refractivity contribution in [1.82, 2.24) is 14.9 Å². The fourth-order valence-electron chi connectivity index (χ4n) is 3.04. The minimum atomic E-state index is 0.0522. The van der Waals surface area contributed by atoms with E-state index in [1.54, 1.807) is 0 Å². The highest BCUT2D eigenvalue weighted by molar-refractivity contribution is 5.45. The van der Waals surface area contributed by atoms with E-state index in [1.165, 1.54) is 0 Å². The van der Waals surface area contributed by atoms with Crippen molar-refractivity contribution in [2.75, 3.05) is 57.1 Å². The Labute approximate surface area is 126 Å². The minimum absolute atomic E-state index is 0.0522. The summed E-state index contributed by atoms with van der Waals surface area (Å²) in [5, 5.41) is 0. The minimum Gasteiger partial charge on any atom is -0.381 e. The molecule has 21 heavy (non-hydrogen) atoms. The van der Waals surface area contributed by atoms with Crippen LogP contribution in [-0.4, -0.2) is 61.3 Å². The van der Waals surface area contributed by atoms with E-state index in [2.05, 4.69) is 39.8 Å². The average molecular weight is 291 g/mol. The molecule has 0 amide bonds. The predicted molar refractivity (Wildman–Crippen MR) is 83.6 cm³/mol. The SMILES string of the molecule is CN1CCN(c2cc(C3(C)CCOCC3)nc(N)n2)CC1. The van der Waals surface area contributed by atoms with Crippen LogP contribution in [0.15, 0.2) is 6.07 Å². The van der Waals surface area contributed by atoms with Crippen LogP contribution in [0.25, 0.3) is 0 Å². The molecule has 0 spiro atoms. The Morgan fingerprint density at radius 3 is 2.48 bits per heavy atom. The first-order valence-corrected chi connectivity index (χ1v) is 7.73. The number of aromatic nitrogens is 2. The van der Waals surface area contributed by atoms with Crippen LogP contribution < -0.4 is 10.6 Å². The zero-order valence-electron chi connectivity index (χ0n) is 13.0. The van der Waals surface area contributed by atoms with Gasteiger partial charge in [-0.3, -0.25) is 0 Å². The normalized spacial score (nSPS) is 23.2. The number of likely N-dealkylation sites (N-methyl/N-ethyl adjacent to an activating group) is 1. The summed E-state index contributed by atoms with van der Waals surface area (Å²) in [6, 6.07) is 2.13. The molecule has 0 radical (unpaired) electrons. The standard InChI is InChI=1S/C15H25N5O/c1-15(3-9-21-10-4-15)12-11-13(18-14(16)17-12)20-7-5-19(2)6-8-20/h11H,3-10H2,1-2H3,(H2,16,17,18). The highest BCUT2D eigenvalue weighted by atomic mass is 16.5. The van der Waals surface area contributed by atoms with Crippen molar-refractivity contribution >= 4 is 11.8 Å². The third kappa shape index (κ3) is 3.11. The van der Waals surface area contributed by atoms with E-state index in [-0.39, 0.29) is 5.41 Å². The van der Waals surface area contributed by atoms with Crippen LogP contribution in [-0.2, 0) is 10.2 Å². The molecule has 2 fully saturated rings.